The molecule has 0 spiro atoms. The zero-order chi connectivity index (χ0) is 17.7. The Morgan fingerprint density at radius 2 is 1.92 bits per heavy atom. The maximum Gasteiger partial charge on any atom is 0.177 e. The van der Waals surface area contributed by atoms with Crippen LogP contribution in [0.2, 0.25) is 0 Å². The highest BCUT2D eigenvalue weighted by molar-refractivity contribution is 5.69. The van der Waals surface area contributed by atoms with Crippen molar-refractivity contribution in [1.82, 2.24) is 25.1 Å². The second kappa shape index (κ2) is 5.78. The molecule has 6 nitrogen and oxygen atoms in total. The van der Waals surface area contributed by atoms with E-state index >= 15 is 0 Å². The molecule has 1 unspecified atom stereocenters. The van der Waals surface area contributed by atoms with Crippen molar-refractivity contribution in [2.24, 2.45) is 17.8 Å². The smallest absolute Gasteiger partial charge is 0.177 e. The van der Waals surface area contributed by atoms with E-state index in [-0.39, 0.29) is 5.75 Å². The van der Waals surface area contributed by atoms with Gasteiger partial charge in [0.15, 0.2) is 5.82 Å². The van der Waals surface area contributed by atoms with Crippen molar-refractivity contribution in [1.29, 1.82) is 0 Å². The molecule has 1 aliphatic heterocycles. The molecule has 2 aliphatic rings. The second-order valence-electron chi connectivity index (χ2n) is 7.00. The van der Waals surface area contributed by atoms with Crippen molar-refractivity contribution in [3.63, 3.8) is 0 Å². The lowest BCUT2D eigenvalue weighted by Gasteiger charge is -2.09. The summed E-state index contributed by atoms with van der Waals surface area (Å²) in [4.78, 5) is 4.45. The quantitative estimate of drug-likeness (QED) is 0.760. The van der Waals surface area contributed by atoms with Crippen LogP contribution in [-0.2, 0) is 0 Å². The van der Waals surface area contributed by atoms with E-state index in [1.54, 1.807) is 12.3 Å². The highest BCUT2D eigenvalue weighted by atomic mass is 16.3. The number of fused-ring (bicyclic) bond motifs is 1. The van der Waals surface area contributed by atoms with Crippen molar-refractivity contribution in [3.05, 3.63) is 61.3 Å². The first-order valence-corrected chi connectivity index (χ1v) is 8.79. The Bertz CT molecular complexity index is 954. The third kappa shape index (κ3) is 2.42. The Balaban J connectivity index is 1.38. The van der Waals surface area contributed by atoms with Crippen LogP contribution in [0.1, 0.15) is 5.82 Å². The lowest BCUT2D eigenvalue weighted by atomic mass is 10.1. The summed E-state index contributed by atoms with van der Waals surface area (Å²) in [5.41, 5.74) is 3.03. The summed E-state index contributed by atoms with van der Waals surface area (Å²) in [6.07, 6.45) is 5.52. The van der Waals surface area contributed by atoms with E-state index in [4.69, 9.17) is 0 Å². The molecule has 5 rings (SSSR count). The SMILES string of the molecule is C=C(c1ncc(-c2ccc(-n3cccc3)cc2O)nn1)C1[C@H]2CNC[C@@H]12. The lowest BCUT2D eigenvalue weighted by molar-refractivity contribution is 0.476. The average molecular weight is 345 g/mol. The van der Waals surface area contributed by atoms with Gasteiger partial charge in [0.1, 0.15) is 11.4 Å². The number of piperidine rings is 1. The van der Waals surface area contributed by atoms with E-state index in [2.05, 4.69) is 27.1 Å². The number of hydrogen-bond acceptors (Lipinski definition) is 5. The predicted octanol–water partition coefficient (Wildman–Crippen LogP) is 2.51. The van der Waals surface area contributed by atoms with Crippen molar-refractivity contribution < 1.29 is 5.11 Å². The van der Waals surface area contributed by atoms with Crippen LogP contribution >= 0.6 is 0 Å². The van der Waals surface area contributed by atoms with Gasteiger partial charge in [-0.2, -0.15) is 0 Å². The number of phenolic OH excluding ortho intramolecular Hbond substituents is 1. The molecule has 3 heterocycles. The molecule has 1 aromatic carbocycles. The highest BCUT2D eigenvalue weighted by Gasteiger charge is 2.54. The first kappa shape index (κ1) is 15.3. The first-order chi connectivity index (χ1) is 12.7. The van der Waals surface area contributed by atoms with Gasteiger partial charge in [-0.15, -0.1) is 10.2 Å². The van der Waals surface area contributed by atoms with E-state index in [1.807, 2.05) is 41.2 Å². The molecule has 6 heteroatoms. The molecule has 1 saturated heterocycles. The average Bonchev–Trinajstić information content (AvgIpc) is 3.07. The van der Waals surface area contributed by atoms with Gasteiger partial charge < -0.3 is 15.0 Å². The maximum absolute atomic E-state index is 10.4. The zero-order valence-corrected chi connectivity index (χ0v) is 14.2. The van der Waals surface area contributed by atoms with Gasteiger partial charge in [-0.1, -0.05) is 6.58 Å². The van der Waals surface area contributed by atoms with Crippen molar-refractivity contribution in [3.8, 4) is 22.7 Å². The number of nitrogens with one attached hydrogen (secondary N) is 1. The Hall–Kier alpha value is -2.99. The number of phenols is 1. The molecule has 0 amide bonds. The van der Waals surface area contributed by atoms with Gasteiger partial charge in [0.05, 0.1) is 6.20 Å². The minimum atomic E-state index is 0.154. The first-order valence-electron chi connectivity index (χ1n) is 8.79. The number of hydrogen-bond donors (Lipinski definition) is 2. The number of aromatic nitrogens is 4. The molecule has 26 heavy (non-hydrogen) atoms. The highest BCUT2D eigenvalue weighted by Crippen LogP contribution is 2.54. The Morgan fingerprint density at radius 3 is 2.58 bits per heavy atom. The normalized spacial score (nSPS) is 23.6. The number of aromatic hydroxyl groups is 1. The Kier molecular flexibility index (Phi) is 3.39. The summed E-state index contributed by atoms with van der Waals surface area (Å²) in [5.74, 6) is 2.60. The fourth-order valence-corrected chi connectivity index (χ4v) is 4.03. The van der Waals surface area contributed by atoms with Crippen LogP contribution in [0.4, 0.5) is 0 Å². The largest absolute Gasteiger partial charge is 0.507 e. The number of allylic oxidation sites excluding steroid dienone is 1. The molecule has 3 atom stereocenters. The molecule has 1 aliphatic carbocycles. The monoisotopic (exact) mass is 345 g/mol. The van der Waals surface area contributed by atoms with Crippen LogP contribution in [-0.4, -0.2) is 37.9 Å². The summed E-state index contributed by atoms with van der Waals surface area (Å²) in [5, 5.41) is 22.3. The molecule has 0 bridgehead atoms. The number of benzene rings is 1. The topological polar surface area (TPSA) is 75.9 Å². The van der Waals surface area contributed by atoms with Crippen molar-refractivity contribution in [2.75, 3.05) is 13.1 Å². The third-order valence-electron chi connectivity index (χ3n) is 5.50. The standard InChI is InChI=1S/C20H19N5O/c1-12(19-15-9-21-10-16(15)19)20-22-11-17(23-24-20)14-5-4-13(8-18(14)26)25-6-2-3-7-25/h2-8,11,15-16,19,21,26H,1,9-10H2/t15-,16+,19?. The molecule has 2 aromatic heterocycles. The van der Waals surface area contributed by atoms with E-state index in [0.29, 0.717) is 34.8 Å². The van der Waals surface area contributed by atoms with E-state index in [1.165, 1.54) is 0 Å². The lowest BCUT2D eigenvalue weighted by Crippen LogP contribution is -2.15. The maximum atomic E-state index is 10.4. The van der Waals surface area contributed by atoms with Crippen LogP contribution in [0.5, 0.6) is 5.75 Å². The van der Waals surface area contributed by atoms with Crippen LogP contribution < -0.4 is 5.32 Å². The van der Waals surface area contributed by atoms with Gasteiger partial charge in [0.2, 0.25) is 0 Å². The van der Waals surface area contributed by atoms with Gasteiger partial charge in [-0.3, -0.25) is 0 Å². The minimum absolute atomic E-state index is 0.154. The molecule has 130 valence electrons. The fourth-order valence-electron chi connectivity index (χ4n) is 4.03. The molecular formula is C20H19N5O. The molecule has 1 saturated carbocycles. The fraction of sp³-hybridized carbons (Fsp3) is 0.250. The van der Waals surface area contributed by atoms with Crippen LogP contribution in [0.25, 0.3) is 22.5 Å². The summed E-state index contributed by atoms with van der Waals surface area (Å²) in [6, 6.07) is 9.36. The van der Waals surface area contributed by atoms with Crippen molar-refractivity contribution in [2.45, 2.75) is 0 Å². The van der Waals surface area contributed by atoms with Crippen LogP contribution in [0.3, 0.4) is 0 Å². The molecule has 2 fully saturated rings. The van der Waals surface area contributed by atoms with E-state index < -0.39 is 0 Å². The summed E-state index contributed by atoms with van der Waals surface area (Å²) < 4.78 is 1.93. The molecule has 0 radical (unpaired) electrons. The summed E-state index contributed by atoms with van der Waals surface area (Å²) in [7, 11) is 0. The van der Waals surface area contributed by atoms with Gasteiger partial charge in [0.25, 0.3) is 0 Å². The van der Waals surface area contributed by atoms with E-state index in [9.17, 15) is 5.11 Å². The Morgan fingerprint density at radius 1 is 1.15 bits per heavy atom. The number of rotatable bonds is 4. The number of nitrogens with zero attached hydrogens (tertiary/aromatic N) is 4. The van der Waals surface area contributed by atoms with Gasteiger partial charge >= 0.3 is 0 Å². The molecular weight excluding hydrogens is 326 g/mol. The van der Waals surface area contributed by atoms with Crippen LogP contribution in [0, 0.1) is 17.8 Å². The third-order valence-corrected chi connectivity index (χ3v) is 5.50. The van der Waals surface area contributed by atoms with Crippen LogP contribution in [0.15, 0.2) is 55.5 Å². The van der Waals surface area contributed by atoms with Gasteiger partial charge in [-0.25, -0.2) is 4.98 Å². The van der Waals surface area contributed by atoms with E-state index in [0.717, 1.165) is 24.4 Å². The second-order valence-corrected chi connectivity index (χ2v) is 7.00. The minimum Gasteiger partial charge on any atom is -0.507 e. The molecule has 2 N–H and O–H groups in total. The van der Waals surface area contributed by atoms with Crippen molar-refractivity contribution >= 4 is 5.57 Å². The molecule has 3 aromatic rings. The summed E-state index contributed by atoms with van der Waals surface area (Å²) in [6.45, 7) is 6.30. The Labute approximate surface area is 151 Å². The summed E-state index contributed by atoms with van der Waals surface area (Å²) >= 11 is 0. The van der Waals surface area contributed by atoms with Gasteiger partial charge in [0, 0.05) is 29.7 Å². The zero-order valence-electron chi connectivity index (χ0n) is 14.2. The van der Waals surface area contributed by atoms with Gasteiger partial charge in [-0.05, 0) is 60.7 Å². The predicted molar refractivity (Wildman–Crippen MR) is 98.6 cm³/mol.